The van der Waals surface area contributed by atoms with E-state index in [1.807, 2.05) is 0 Å². The summed E-state index contributed by atoms with van der Waals surface area (Å²) in [6.07, 6.45) is 2.20. The Morgan fingerprint density at radius 1 is 1.39 bits per heavy atom. The van der Waals surface area contributed by atoms with E-state index < -0.39 is 0 Å². The summed E-state index contributed by atoms with van der Waals surface area (Å²) in [5.74, 6) is 1.87. The summed E-state index contributed by atoms with van der Waals surface area (Å²) in [4.78, 5) is 13.9. The number of thioether (sulfide) groups is 1. The molecule has 1 heterocycles. The molecule has 1 fully saturated rings. The number of carbonyl (C=O) groups is 1. The van der Waals surface area contributed by atoms with Gasteiger partial charge in [0.15, 0.2) is 0 Å². The Balaban J connectivity index is 0.00000289. The molecule has 1 amide bonds. The summed E-state index contributed by atoms with van der Waals surface area (Å²) in [5, 5.41) is 6.32. The minimum absolute atomic E-state index is 0. The Morgan fingerprint density at radius 2 is 2.11 bits per heavy atom. The van der Waals surface area contributed by atoms with Crippen molar-refractivity contribution in [2.75, 3.05) is 50.8 Å². The Hall–Kier alpha value is 0.0300. The van der Waals surface area contributed by atoms with Crippen molar-refractivity contribution in [1.82, 2.24) is 15.5 Å². The Labute approximate surface area is 121 Å². The van der Waals surface area contributed by atoms with Crippen molar-refractivity contribution in [3.63, 3.8) is 0 Å². The maximum Gasteiger partial charge on any atom is 0.229 e. The number of nitrogens with one attached hydrogen (secondary N) is 2. The lowest BCUT2D eigenvalue weighted by molar-refractivity contribution is -0.118. The van der Waals surface area contributed by atoms with Crippen molar-refractivity contribution in [1.29, 1.82) is 0 Å². The second-order valence-corrected chi connectivity index (χ2v) is 5.45. The van der Waals surface area contributed by atoms with Gasteiger partial charge < -0.3 is 15.5 Å². The second-order valence-electron chi connectivity index (χ2n) is 4.35. The summed E-state index contributed by atoms with van der Waals surface area (Å²) in [6, 6.07) is 0. The topological polar surface area (TPSA) is 44.4 Å². The highest BCUT2D eigenvalue weighted by Gasteiger charge is 2.08. The molecule has 0 atom stereocenters. The van der Waals surface area contributed by atoms with Crippen LogP contribution in [0.5, 0.6) is 0 Å². The highest BCUT2D eigenvalue weighted by Crippen LogP contribution is 2.00. The highest BCUT2D eigenvalue weighted by molar-refractivity contribution is 7.99. The molecular formula is C12H26ClN3OS. The zero-order valence-corrected chi connectivity index (χ0v) is 12.9. The number of nitrogens with zero attached hydrogens (tertiary/aromatic N) is 1. The van der Waals surface area contributed by atoms with Gasteiger partial charge in [-0.2, -0.15) is 11.8 Å². The minimum atomic E-state index is 0. The van der Waals surface area contributed by atoms with Crippen LogP contribution in [-0.2, 0) is 4.79 Å². The highest BCUT2D eigenvalue weighted by atomic mass is 35.5. The van der Waals surface area contributed by atoms with Crippen molar-refractivity contribution in [2.24, 2.45) is 0 Å². The predicted octanol–water partition coefficient (Wildman–Crippen LogP) is 0.963. The molecule has 1 rings (SSSR count). The molecule has 1 saturated heterocycles. The lowest BCUT2D eigenvalue weighted by Crippen LogP contribution is -2.44. The van der Waals surface area contributed by atoms with Crippen LogP contribution in [-0.4, -0.2) is 61.6 Å². The van der Waals surface area contributed by atoms with Crippen molar-refractivity contribution in [3.8, 4) is 0 Å². The van der Waals surface area contributed by atoms with Crippen LogP contribution in [0.15, 0.2) is 0 Å². The first-order valence-corrected chi connectivity index (χ1v) is 7.76. The van der Waals surface area contributed by atoms with Gasteiger partial charge in [0.1, 0.15) is 0 Å². The lowest BCUT2D eigenvalue weighted by Gasteiger charge is -2.27. The molecule has 6 heteroatoms. The molecular weight excluding hydrogens is 270 g/mol. The van der Waals surface area contributed by atoms with Crippen LogP contribution in [0.25, 0.3) is 0 Å². The smallest absolute Gasteiger partial charge is 0.229 e. The third-order valence-corrected chi connectivity index (χ3v) is 3.93. The first-order valence-electron chi connectivity index (χ1n) is 6.60. The quantitative estimate of drug-likeness (QED) is 0.655. The van der Waals surface area contributed by atoms with Gasteiger partial charge in [-0.3, -0.25) is 4.79 Å². The molecule has 4 nitrogen and oxygen atoms in total. The Kier molecular flexibility index (Phi) is 12.1. The lowest BCUT2D eigenvalue weighted by atomic mass is 10.3. The largest absolute Gasteiger partial charge is 0.355 e. The molecule has 1 aliphatic heterocycles. The van der Waals surface area contributed by atoms with Gasteiger partial charge in [-0.15, -0.1) is 12.4 Å². The first-order chi connectivity index (χ1) is 8.33. The van der Waals surface area contributed by atoms with Gasteiger partial charge >= 0.3 is 0 Å². The predicted molar refractivity (Wildman–Crippen MR) is 81.8 cm³/mol. The minimum Gasteiger partial charge on any atom is -0.355 e. The molecule has 0 spiro atoms. The molecule has 0 unspecified atom stereocenters. The van der Waals surface area contributed by atoms with Gasteiger partial charge in [-0.1, -0.05) is 6.92 Å². The third-order valence-electron chi connectivity index (χ3n) is 2.76. The zero-order chi connectivity index (χ0) is 12.3. The van der Waals surface area contributed by atoms with Gasteiger partial charge in [0.05, 0.1) is 5.75 Å². The Morgan fingerprint density at radius 3 is 2.78 bits per heavy atom. The van der Waals surface area contributed by atoms with Gasteiger partial charge in [0.25, 0.3) is 0 Å². The van der Waals surface area contributed by atoms with Gasteiger partial charge in [0.2, 0.25) is 5.91 Å². The van der Waals surface area contributed by atoms with Crippen LogP contribution in [0.3, 0.4) is 0 Å². The number of halogens is 1. The molecule has 0 aromatic carbocycles. The average molecular weight is 296 g/mol. The van der Waals surface area contributed by atoms with E-state index in [1.54, 1.807) is 11.8 Å². The molecule has 1 aliphatic rings. The molecule has 0 aliphatic carbocycles. The van der Waals surface area contributed by atoms with E-state index in [0.717, 1.165) is 57.9 Å². The molecule has 0 radical (unpaired) electrons. The number of piperazine rings is 1. The van der Waals surface area contributed by atoms with E-state index in [1.165, 1.54) is 0 Å². The maximum atomic E-state index is 11.4. The maximum absolute atomic E-state index is 11.4. The summed E-state index contributed by atoms with van der Waals surface area (Å²) >= 11 is 1.72. The number of carbonyl (C=O) groups excluding carboxylic acids is 1. The zero-order valence-electron chi connectivity index (χ0n) is 11.2. The molecule has 0 saturated carbocycles. The van der Waals surface area contributed by atoms with E-state index in [9.17, 15) is 4.79 Å². The summed E-state index contributed by atoms with van der Waals surface area (Å²) < 4.78 is 0. The van der Waals surface area contributed by atoms with Crippen LogP contribution in [0.2, 0.25) is 0 Å². The average Bonchev–Trinajstić information content (AvgIpc) is 2.36. The fourth-order valence-electron chi connectivity index (χ4n) is 1.83. The number of amides is 1. The van der Waals surface area contributed by atoms with Crippen molar-refractivity contribution in [3.05, 3.63) is 0 Å². The van der Waals surface area contributed by atoms with Crippen LogP contribution in [0.4, 0.5) is 0 Å². The van der Waals surface area contributed by atoms with E-state index in [4.69, 9.17) is 0 Å². The summed E-state index contributed by atoms with van der Waals surface area (Å²) in [7, 11) is 0. The number of rotatable bonds is 8. The molecule has 0 aromatic heterocycles. The fraction of sp³-hybridized carbons (Fsp3) is 0.917. The van der Waals surface area contributed by atoms with Crippen molar-refractivity contribution in [2.45, 2.75) is 19.8 Å². The van der Waals surface area contributed by atoms with E-state index >= 15 is 0 Å². The van der Waals surface area contributed by atoms with Gasteiger partial charge in [-0.05, 0) is 25.1 Å². The standard InChI is InChI=1S/C12H25N3OS.ClH/c1-2-10-17-11-12(16)14-4-3-7-15-8-5-13-6-9-15;/h13H,2-11H2,1H3,(H,14,16);1H. The van der Waals surface area contributed by atoms with Crippen LogP contribution in [0, 0.1) is 0 Å². The normalized spacial score (nSPS) is 16.1. The monoisotopic (exact) mass is 295 g/mol. The molecule has 108 valence electrons. The van der Waals surface area contributed by atoms with Gasteiger partial charge in [-0.25, -0.2) is 0 Å². The first kappa shape index (κ1) is 18.0. The van der Waals surface area contributed by atoms with Crippen molar-refractivity contribution >= 4 is 30.1 Å². The molecule has 2 N–H and O–H groups in total. The second kappa shape index (κ2) is 12.1. The Bertz CT molecular complexity index is 213. The third kappa shape index (κ3) is 9.03. The number of hydrogen-bond donors (Lipinski definition) is 2. The van der Waals surface area contributed by atoms with E-state index in [0.29, 0.717) is 5.75 Å². The van der Waals surface area contributed by atoms with Crippen LogP contribution in [0.1, 0.15) is 19.8 Å². The van der Waals surface area contributed by atoms with Crippen molar-refractivity contribution < 1.29 is 4.79 Å². The molecule has 18 heavy (non-hydrogen) atoms. The summed E-state index contributed by atoms with van der Waals surface area (Å²) in [6.45, 7) is 8.53. The molecule has 0 aromatic rings. The summed E-state index contributed by atoms with van der Waals surface area (Å²) in [5.41, 5.74) is 0. The SMILES string of the molecule is CCCSCC(=O)NCCCN1CCNCC1.Cl. The van der Waals surface area contributed by atoms with E-state index in [2.05, 4.69) is 22.5 Å². The van der Waals surface area contributed by atoms with E-state index in [-0.39, 0.29) is 18.3 Å². The number of hydrogen-bond acceptors (Lipinski definition) is 4. The fourth-order valence-corrected chi connectivity index (χ4v) is 2.55. The molecule has 0 bridgehead atoms. The van der Waals surface area contributed by atoms with Crippen LogP contribution < -0.4 is 10.6 Å². The van der Waals surface area contributed by atoms with Gasteiger partial charge in [0, 0.05) is 32.7 Å². The van der Waals surface area contributed by atoms with Crippen LogP contribution >= 0.6 is 24.2 Å².